The summed E-state index contributed by atoms with van der Waals surface area (Å²) in [4.78, 5) is 4.56. The molecule has 0 spiro atoms. The van der Waals surface area contributed by atoms with Crippen molar-refractivity contribution in [1.29, 1.82) is 0 Å². The van der Waals surface area contributed by atoms with Crippen LogP contribution in [0.15, 0.2) is 18.2 Å². The molecule has 114 valence electrons. The van der Waals surface area contributed by atoms with E-state index in [-0.39, 0.29) is 5.02 Å². The topological polar surface area (TPSA) is 43.8 Å². The Kier molecular flexibility index (Phi) is 4.88. The van der Waals surface area contributed by atoms with Crippen molar-refractivity contribution in [1.82, 2.24) is 9.55 Å². The Morgan fingerprint density at radius 1 is 1.38 bits per heavy atom. The molecular formula is C16H21ClFN3. The molecule has 1 aromatic carbocycles. The molecule has 0 radical (unpaired) electrons. The fourth-order valence-corrected chi connectivity index (χ4v) is 2.56. The van der Waals surface area contributed by atoms with Crippen LogP contribution >= 0.6 is 11.6 Å². The number of imidazole rings is 1. The zero-order chi connectivity index (χ0) is 15.6. The highest BCUT2D eigenvalue weighted by Gasteiger charge is 2.19. The Morgan fingerprint density at radius 3 is 2.71 bits per heavy atom. The van der Waals surface area contributed by atoms with Crippen molar-refractivity contribution < 1.29 is 4.39 Å². The Labute approximate surface area is 129 Å². The second-order valence-electron chi connectivity index (χ2n) is 5.62. The fourth-order valence-electron chi connectivity index (χ4n) is 2.38. The van der Waals surface area contributed by atoms with Gasteiger partial charge in [0.05, 0.1) is 5.02 Å². The molecule has 21 heavy (non-hydrogen) atoms. The second kappa shape index (κ2) is 6.48. The van der Waals surface area contributed by atoms with Crippen LogP contribution in [0.4, 0.5) is 10.2 Å². The minimum Gasteiger partial charge on any atom is -0.383 e. The van der Waals surface area contributed by atoms with Gasteiger partial charge < -0.3 is 10.3 Å². The van der Waals surface area contributed by atoms with Gasteiger partial charge in [0.15, 0.2) is 5.82 Å². The molecule has 0 amide bonds. The number of rotatable bonds is 5. The highest BCUT2D eigenvalue weighted by Crippen LogP contribution is 2.32. The number of nitrogens with two attached hydrogens (primary N) is 1. The van der Waals surface area contributed by atoms with Gasteiger partial charge in [-0.1, -0.05) is 38.4 Å². The maximum Gasteiger partial charge on any atom is 0.151 e. The molecular weight excluding hydrogens is 289 g/mol. The van der Waals surface area contributed by atoms with Gasteiger partial charge in [0.2, 0.25) is 0 Å². The molecule has 0 aliphatic rings. The quantitative estimate of drug-likeness (QED) is 0.881. The number of nitrogens with zero attached hydrogens (tertiary/aromatic N) is 2. The smallest absolute Gasteiger partial charge is 0.151 e. The van der Waals surface area contributed by atoms with Crippen molar-refractivity contribution in [2.75, 3.05) is 5.73 Å². The molecule has 2 rings (SSSR count). The summed E-state index contributed by atoms with van der Waals surface area (Å²) in [6.45, 7) is 7.10. The van der Waals surface area contributed by atoms with Crippen LogP contribution in [0.25, 0.3) is 11.3 Å². The van der Waals surface area contributed by atoms with Crippen LogP contribution in [0.1, 0.15) is 33.0 Å². The van der Waals surface area contributed by atoms with Gasteiger partial charge in [-0.3, -0.25) is 0 Å². The molecule has 0 unspecified atom stereocenters. The van der Waals surface area contributed by atoms with Gasteiger partial charge in [-0.15, -0.1) is 0 Å². The first-order chi connectivity index (χ1) is 9.95. The average molecular weight is 310 g/mol. The van der Waals surface area contributed by atoms with Gasteiger partial charge in [-0.25, -0.2) is 9.37 Å². The Hall–Kier alpha value is -1.55. The lowest BCUT2D eigenvalue weighted by atomic mass is 10.1. The standard InChI is InChI=1S/C16H21ClFN3/c1-4-6-13-20-15(16(19)21(13)9-10(2)3)11-7-5-8-12(17)14(11)18/h5,7-8,10H,4,6,9,19H2,1-3H3. The van der Waals surface area contributed by atoms with Crippen molar-refractivity contribution in [3.63, 3.8) is 0 Å². The molecule has 2 aromatic rings. The number of benzene rings is 1. The van der Waals surface area contributed by atoms with Crippen LogP contribution in [0, 0.1) is 11.7 Å². The first-order valence-electron chi connectivity index (χ1n) is 7.24. The number of aryl methyl sites for hydroxylation is 1. The minimum atomic E-state index is -0.469. The third kappa shape index (κ3) is 3.21. The van der Waals surface area contributed by atoms with Crippen molar-refractivity contribution in [3.05, 3.63) is 34.9 Å². The van der Waals surface area contributed by atoms with E-state index in [0.29, 0.717) is 23.0 Å². The molecule has 0 bridgehead atoms. The SMILES string of the molecule is CCCc1nc(-c2cccc(Cl)c2F)c(N)n1CC(C)C. The normalized spacial score (nSPS) is 11.3. The van der Waals surface area contributed by atoms with E-state index in [1.54, 1.807) is 12.1 Å². The van der Waals surface area contributed by atoms with Crippen molar-refractivity contribution in [2.45, 2.75) is 40.2 Å². The van der Waals surface area contributed by atoms with Gasteiger partial charge >= 0.3 is 0 Å². The van der Waals surface area contributed by atoms with E-state index in [0.717, 1.165) is 25.2 Å². The van der Waals surface area contributed by atoms with E-state index in [1.165, 1.54) is 6.07 Å². The highest BCUT2D eigenvalue weighted by molar-refractivity contribution is 6.31. The summed E-state index contributed by atoms with van der Waals surface area (Å²) in [6.07, 6.45) is 1.78. The predicted molar refractivity (Wildman–Crippen MR) is 85.9 cm³/mol. The number of nitrogen functional groups attached to an aromatic ring is 1. The molecule has 0 aliphatic carbocycles. The first-order valence-corrected chi connectivity index (χ1v) is 7.62. The van der Waals surface area contributed by atoms with Crippen molar-refractivity contribution in [3.8, 4) is 11.3 Å². The van der Waals surface area contributed by atoms with Gasteiger partial charge in [0.1, 0.15) is 17.3 Å². The lowest BCUT2D eigenvalue weighted by molar-refractivity contribution is 0.510. The summed E-state index contributed by atoms with van der Waals surface area (Å²) >= 11 is 5.86. The first kappa shape index (κ1) is 15.8. The largest absolute Gasteiger partial charge is 0.383 e. The van der Waals surface area contributed by atoms with Crippen LogP contribution in [0.2, 0.25) is 5.02 Å². The van der Waals surface area contributed by atoms with Gasteiger partial charge in [0, 0.05) is 18.5 Å². The van der Waals surface area contributed by atoms with E-state index < -0.39 is 5.82 Å². The summed E-state index contributed by atoms with van der Waals surface area (Å²) in [6, 6.07) is 4.89. The van der Waals surface area contributed by atoms with Gasteiger partial charge in [-0.2, -0.15) is 0 Å². The van der Waals surface area contributed by atoms with Crippen molar-refractivity contribution >= 4 is 17.4 Å². The third-order valence-electron chi connectivity index (χ3n) is 3.31. The predicted octanol–water partition coefficient (Wildman–Crippen LogP) is 4.53. The zero-order valence-electron chi connectivity index (χ0n) is 12.7. The van der Waals surface area contributed by atoms with Crippen LogP contribution in [-0.4, -0.2) is 9.55 Å². The van der Waals surface area contributed by atoms with Crippen LogP contribution in [-0.2, 0) is 13.0 Å². The number of hydrogen-bond acceptors (Lipinski definition) is 2. The highest BCUT2D eigenvalue weighted by atomic mass is 35.5. The van der Waals surface area contributed by atoms with E-state index in [9.17, 15) is 4.39 Å². The molecule has 1 aromatic heterocycles. The molecule has 0 atom stereocenters. The number of aromatic nitrogens is 2. The molecule has 1 heterocycles. The molecule has 0 aliphatic heterocycles. The molecule has 2 N–H and O–H groups in total. The van der Waals surface area contributed by atoms with Crippen LogP contribution in [0.3, 0.4) is 0 Å². The van der Waals surface area contributed by atoms with E-state index in [1.807, 2.05) is 4.57 Å². The average Bonchev–Trinajstić information content (AvgIpc) is 2.71. The summed E-state index contributed by atoms with van der Waals surface area (Å²) in [5, 5.41) is 0.0855. The van der Waals surface area contributed by atoms with E-state index in [4.69, 9.17) is 17.3 Å². The summed E-state index contributed by atoms with van der Waals surface area (Å²) in [5.74, 6) is 1.38. The Bertz CT molecular complexity index is 635. The number of anilines is 1. The minimum absolute atomic E-state index is 0.0855. The maximum atomic E-state index is 14.2. The Morgan fingerprint density at radius 2 is 2.10 bits per heavy atom. The van der Waals surface area contributed by atoms with Gasteiger partial charge in [0.25, 0.3) is 0 Å². The Balaban J connectivity index is 2.56. The van der Waals surface area contributed by atoms with Crippen molar-refractivity contribution in [2.24, 2.45) is 5.92 Å². The molecule has 3 nitrogen and oxygen atoms in total. The zero-order valence-corrected chi connectivity index (χ0v) is 13.4. The van der Waals surface area contributed by atoms with Crippen LogP contribution < -0.4 is 5.73 Å². The maximum absolute atomic E-state index is 14.2. The van der Waals surface area contributed by atoms with E-state index >= 15 is 0 Å². The lowest BCUT2D eigenvalue weighted by Gasteiger charge is -2.12. The van der Waals surface area contributed by atoms with Crippen LogP contribution in [0.5, 0.6) is 0 Å². The number of hydrogen-bond donors (Lipinski definition) is 1. The summed E-state index contributed by atoms with van der Waals surface area (Å²) in [7, 11) is 0. The second-order valence-corrected chi connectivity index (χ2v) is 6.02. The van der Waals surface area contributed by atoms with Gasteiger partial charge in [-0.05, 0) is 24.5 Å². The fraction of sp³-hybridized carbons (Fsp3) is 0.438. The molecule has 0 saturated heterocycles. The molecule has 0 fully saturated rings. The summed E-state index contributed by atoms with van der Waals surface area (Å²) in [5.41, 5.74) is 7.07. The summed E-state index contributed by atoms with van der Waals surface area (Å²) < 4.78 is 16.2. The van der Waals surface area contributed by atoms with E-state index in [2.05, 4.69) is 25.8 Å². The molecule has 5 heteroatoms. The number of halogens is 2. The third-order valence-corrected chi connectivity index (χ3v) is 3.61. The monoisotopic (exact) mass is 309 g/mol. The molecule has 0 saturated carbocycles. The lowest BCUT2D eigenvalue weighted by Crippen LogP contribution is -2.11.